The number of rotatable bonds is 2. The lowest BCUT2D eigenvalue weighted by atomic mass is 10.2. The maximum absolute atomic E-state index is 12.0. The van der Waals surface area contributed by atoms with Gasteiger partial charge >= 0.3 is 5.97 Å². The van der Waals surface area contributed by atoms with Gasteiger partial charge < -0.3 is 9.30 Å². The minimum Gasteiger partial charge on any atom is -0.455 e. The van der Waals surface area contributed by atoms with Gasteiger partial charge in [0.1, 0.15) is 11.3 Å². The van der Waals surface area contributed by atoms with Gasteiger partial charge in [-0.25, -0.2) is 9.78 Å². The lowest BCUT2D eigenvalue weighted by Crippen LogP contribution is -2.24. The molecule has 0 amide bonds. The summed E-state index contributed by atoms with van der Waals surface area (Å²) >= 11 is 6.09. The predicted octanol–water partition coefficient (Wildman–Crippen LogP) is 3.09. The monoisotopic (exact) mass is 293 g/mol. The van der Waals surface area contributed by atoms with Gasteiger partial charge in [0.25, 0.3) is 0 Å². The van der Waals surface area contributed by atoms with E-state index in [4.69, 9.17) is 16.3 Å². The molecule has 2 aromatic rings. The molecule has 2 heterocycles. The second-order valence-corrected chi connectivity index (χ2v) is 5.80. The highest BCUT2D eigenvalue weighted by molar-refractivity contribution is 6.32. The van der Waals surface area contributed by atoms with E-state index in [9.17, 15) is 4.79 Å². The topological polar surface area (TPSA) is 57.0 Å². The Kier molecular flexibility index (Phi) is 3.81. The molecule has 0 aliphatic heterocycles. The molecule has 0 aliphatic rings. The van der Waals surface area contributed by atoms with Crippen molar-refractivity contribution in [1.29, 1.82) is 0 Å². The van der Waals surface area contributed by atoms with Crippen LogP contribution in [0.25, 0.3) is 11.5 Å². The van der Waals surface area contributed by atoms with Crippen molar-refractivity contribution in [2.24, 2.45) is 7.05 Å². The minimum atomic E-state index is -0.558. The molecule has 0 aliphatic carbocycles. The summed E-state index contributed by atoms with van der Waals surface area (Å²) in [5.74, 6) is 0.0582. The second kappa shape index (κ2) is 5.25. The Labute approximate surface area is 122 Å². The first kappa shape index (κ1) is 14.5. The van der Waals surface area contributed by atoms with Crippen molar-refractivity contribution in [3.05, 3.63) is 35.2 Å². The van der Waals surface area contributed by atoms with Gasteiger partial charge in [-0.1, -0.05) is 11.6 Å². The number of hydrogen-bond donors (Lipinski definition) is 0. The quantitative estimate of drug-likeness (QED) is 0.798. The highest BCUT2D eigenvalue weighted by Gasteiger charge is 2.22. The van der Waals surface area contributed by atoms with E-state index in [0.717, 1.165) is 0 Å². The van der Waals surface area contributed by atoms with Gasteiger partial charge in [-0.2, -0.15) is 0 Å². The van der Waals surface area contributed by atoms with Crippen molar-refractivity contribution in [2.75, 3.05) is 0 Å². The largest absolute Gasteiger partial charge is 0.455 e. The SMILES string of the molecule is Cn1cc(C(=O)OC(C)(C)C)nc1-c1ncccc1Cl. The normalized spacial score (nSPS) is 11.4. The Balaban J connectivity index is 2.36. The van der Waals surface area contributed by atoms with Gasteiger partial charge in [0.2, 0.25) is 0 Å². The molecule has 2 rings (SSSR count). The number of carbonyl (C=O) groups excluding carboxylic acids is 1. The second-order valence-electron chi connectivity index (χ2n) is 5.40. The van der Waals surface area contributed by atoms with Gasteiger partial charge in [0.15, 0.2) is 11.5 Å². The standard InChI is InChI=1S/C14H16ClN3O2/c1-14(2,3)20-13(19)10-8-18(4)12(17-10)11-9(15)6-5-7-16-11/h5-8H,1-4H3. The number of hydrogen-bond acceptors (Lipinski definition) is 4. The summed E-state index contributed by atoms with van der Waals surface area (Å²) in [5.41, 5.74) is 0.211. The van der Waals surface area contributed by atoms with Gasteiger partial charge in [-0.3, -0.25) is 4.98 Å². The fraction of sp³-hybridized carbons (Fsp3) is 0.357. The highest BCUT2D eigenvalue weighted by Crippen LogP contribution is 2.24. The summed E-state index contributed by atoms with van der Waals surface area (Å²) in [6, 6.07) is 3.47. The predicted molar refractivity (Wildman–Crippen MR) is 76.6 cm³/mol. The summed E-state index contributed by atoms with van der Waals surface area (Å²) in [6.45, 7) is 5.43. The van der Waals surface area contributed by atoms with Crippen LogP contribution in [0.4, 0.5) is 0 Å². The van der Waals surface area contributed by atoms with E-state index < -0.39 is 11.6 Å². The smallest absolute Gasteiger partial charge is 0.359 e. The van der Waals surface area contributed by atoms with Crippen LogP contribution in [-0.4, -0.2) is 26.1 Å². The lowest BCUT2D eigenvalue weighted by Gasteiger charge is -2.18. The van der Waals surface area contributed by atoms with Crippen molar-refractivity contribution in [3.8, 4) is 11.5 Å². The molecule has 0 bridgehead atoms. The number of halogens is 1. The number of ether oxygens (including phenoxy) is 1. The average Bonchev–Trinajstić information content (AvgIpc) is 2.70. The number of aromatic nitrogens is 3. The van der Waals surface area contributed by atoms with Gasteiger partial charge in [-0.05, 0) is 32.9 Å². The van der Waals surface area contributed by atoms with E-state index in [1.807, 2.05) is 20.8 Å². The number of carbonyl (C=O) groups is 1. The highest BCUT2D eigenvalue weighted by atomic mass is 35.5. The first-order chi connectivity index (χ1) is 9.28. The Hall–Kier alpha value is -1.88. The van der Waals surface area contributed by atoms with Crippen LogP contribution in [0, 0.1) is 0 Å². The van der Waals surface area contributed by atoms with Crippen molar-refractivity contribution in [3.63, 3.8) is 0 Å². The van der Waals surface area contributed by atoms with E-state index in [2.05, 4.69) is 9.97 Å². The van der Waals surface area contributed by atoms with Gasteiger partial charge in [0, 0.05) is 19.4 Å². The molecule has 6 heteroatoms. The third kappa shape index (κ3) is 3.17. The molecule has 2 aromatic heterocycles. The van der Waals surface area contributed by atoms with E-state index in [1.165, 1.54) is 0 Å². The Morgan fingerprint density at radius 3 is 2.70 bits per heavy atom. The zero-order valence-electron chi connectivity index (χ0n) is 11.8. The Morgan fingerprint density at radius 1 is 1.40 bits per heavy atom. The van der Waals surface area contributed by atoms with Gasteiger partial charge in [-0.15, -0.1) is 0 Å². The summed E-state index contributed by atoms with van der Waals surface area (Å²) in [4.78, 5) is 20.4. The first-order valence-electron chi connectivity index (χ1n) is 6.15. The lowest BCUT2D eigenvalue weighted by molar-refractivity contribution is 0.00634. The summed E-state index contributed by atoms with van der Waals surface area (Å²) < 4.78 is 6.99. The summed E-state index contributed by atoms with van der Waals surface area (Å²) in [5, 5.41) is 0.483. The summed E-state index contributed by atoms with van der Waals surface area (Å²) in [7, 11) is 1.78. The minimum absolute atomic E-state index is 0.235. The van der Waals surface area contributed by atoms with Crippen molar-refractivity contribution >= 4 is 17.6 Å². The zero-order valence-corrected chi connectivity index (χ0v) is 12.6. The molecule has 0 spiro atoms. The molecular formula is C14H16ClN3O2. The molecule has 0 unspecified atom stereocenters. The fourth-order valence-corrected chi connectivity index (χ4v) is 1.87. The summed E-state index contributed by atoms with van der Waals surface area (Å²) in [6.07, 6.45) is 3.23. The van der Waals surface area contributed by atoms with Crippen LogP contribution in [0.15, 0.2) is 24.5 Å². The number of aryl methyl sites for hydroxylation is 1. The van der Waals surface area contributed by atoms with Crippen LogP contribution >= 0.6 is 11.6 Å². The molecule has 0 atom stereocenters. The van der Waals surface area contributed by atoms with Crippen LogP contribution in [-0.2, 0) is 11.8 Å². The molecular weight excluding hydrogens is 278 g/mol. The van der Waals surface area contributed by atoms with Crippen molar-refractivity contribution in [1.82, 2.24) is 14.5 Å². The number of imidazole rings is 1. The molecule has 0 N–H and O–H groups in total. The molecule has 0 saturated heterocycles. The molecule has 0 saturated carbocycles. The molecule has 0 aromatic carbocycles. The molecule has 0 radical (unpaired) electrons. The van der Waals surface area contributed by atoms with E-state index in [-0.39, 0.29) is 5.69 Å². The van der Waals surface area contributed by atoms with Crippen molar-refractivity contribution in [2.45, 2.75) is 26.4 Å². The Morgan fingerprint density at radius 2 is 2.10 bits per heavy atom. The third-order valence-corrected chi connectivity index (χ3v) is 2.76. The van der Waals surface area contributed by atoms with E-state index in [1.54, 1.807) is 36.1 Å². The van der Waals surface area contributed by atoms with Gasteiger partial charge in [0.05, 0.1) is 5.02 Å². The Bertz CT molecular complexity index is 644. The average molecular weight is 294 g/mol. The number of nitrogens with zero attached hydrogens (tertiary/aromatic N) is 3. The van der Waals surface area contributed by atoms with Crippen LogP contribution in [0.3, 0.4) is 0 Å². The number of pyridine rings is 1. The van der Waals surface area contributed by atoms with Crippen LogP contribution < -0.4 is 0 Å². The van der Waals surface area contributed by atoms with E-state index >= 15 is 0 Å². The number of esters is 1. The molecule has 5 nitrogen and oxygen atoms in total. The maximum atomic E-state index is 12.0. The first-order valence-corrected chi connectivity index (χ1v) is 6.53. The molecule has 0 fully saturated rings. The molecule has 20 heavy (non-hydrogen) atoms. The zero-order chi connectivity index (χ0) is 14.9. The van der Waals surface area contributed by atoms with Crippen LogP contribution in [0.5, 0.6) is 0 Å². The molecule has 106 valence electrons. The van der Waals surface area contributed by atoms with E-state index in [0.29, 0.717) is 16.5 Å². The third-order valence-electron chi connectivity index (χ3n) is 2.45. The van der Waals surface area contributed by atoms with Crippen molar-refractivity contribution < 1.29 is 9.53 Å². The van der Waals surface area contributed by atoms with Crippen LogP contribution in [0.2, 0.25) is 5.02 Å². The fourth-order valence-electron chi connectivity index (χ4n) is 1.67. The maximum Gasteiger partial charge on any atom is 0.359 e. The van der Waals surface area contributed by atoms with Crippen LogP contribution in [0.1, 0.15) is 31.3 Å².